The minimum atomic E-state index is -5.18. The van der Waals surface area contributed by atoms with Crippen molar-refractivity contribution in [3.8, 4) is 0 Å². The molecule has 0 amide bonds. The van der Waals surface area contributed by atoms with Crippen LogP contribution >= 0.6 is 15.6 Å². The molecule has 0 heterocycles. The molecule has 0 aromatic heterocycles. The molecule has 12 heteroatoms. The van der Waals surface area contributed by atoms with Crippen molar-refractivity contribution in [2.75, 3.05) is 6.61 Å². The SMILES string of the molecule is CC(C)=CCCC(C)=CCCC(C)=CCCC(C)=CCOP(=O)(ON=[N+]=[N-])OP(=O)(O)O. The van der Waals surface area contributed by atoms with Crippen molar-refractivity contribution in [3.05, 3.63) is 57.0 Å². The van der Waals surface area contributed by atoms with E-state index in [0.29, 0.717) is 0 Å². The Kier molecular flexibility index (Phi) is 15.2. The van der Waals surface area contributed by atoms with Crippen molar-refractivity contribution in [1.29, 1.82) is 0 Å². The fourth-order valence-electron chi connectivity index (χ4n) is 2.51. The fraction of sp³-hybridized carbons (Fsp3) is 0.600. The second kappa shape index (κ2) is 16.1. The summed E-state index contributed by atoms with van der Waals surface area (Å²) in [7, 11) is -9.91. The van der Waals surface area contributed by atoms with E-state index in [1.54, 1.807) is 6.08 Å². The van der Waals surface area contributed by atoms with E-state index < -0.39 is 15.6 Å². The molecule has 0 aromatic carbocycles. The Morgan fingerprint density at radius 3 is 1.78 bits per heavy atom. The van der Waals surface area contributed by atoms with E-state index in [2.05, 4.69) is 65.0 Å². The summed E-state index contributed by atoms with van der Waals surface area (Å²) in [6.45, 7) is 10.0. The van der Waals surface area contributed by atoms with E-state index in [1.165, 1.54) is 16.7 Å². The first-order valence-corrected chi connectivity index (χ1v) is 13.2. The van der Waals surface area contributed by atoms with Crippen molar-refractivity contribution in [1.82, 2.24) is 0 Å². The van der Waals surface area contributed by atoms with Crippen LogP contribution < -0.4 is 0 Å². The van der Waals surface area contributed by atoms with Gasteiger partial charge in [0.1, 0.15) is 5.28 Å². The predicted octanol–water partition coefficient (Wildman–Crippen LogP) is 7.61. The minimum Gasteiger partial charge on any atom is -0.336 e. The highest BCUT2D eigenvalue weighted by molar-refractivity contribution is 7.61. The monoisotopic (exact) mass is 491 g/mol. The number of phosphoric acid groups is 2. The van der Waals surface area contributed by atoms with Crippen LogP contribution in [0.5, 0.6) is 0 Å². The molecule has 0 bridgehead atoms. The summed E-state index contributed by atoms with van der Waals surface area (Å²) < 4.78 is 35.8. The van der Waals surface area contributed by atoms with Crippen LogP contribution in [-0.2, 0) is 22.6 Å². The highest BCUT2D eigenvalue weighted by atomic mass is 31.3. The molecule has 0 aliphatic rings. The van der Waals surface area contributed by atoms with Gasteiger partial charge in [0, 0.05) is 4.91 Å². The van der Waals surface area contributed by atoms with Crippen molar-refractivity contribution < 1.29 is 32.4 Å². The second-order valence-electron chi connectivity index (χ2n) is 7.62. The molecule has 2 N–H and O–H groups in total. The zero-order chi connectivity index (χ0) is 24.6. The van der Waals surface area contributed by atoms with Gasteiger partial charge in [-0.15, -0.1) is 0 Å². The fourth-order valence-corrected chi connectivity index (χ4v) is 4.29. The third-order valence-electron chi connectivity index (χ3n) is 4.20. The number of azide groups is 1. The molecule has 0 aliphatic carbocycles. The zero-order valence-corrected chi connectivity index (χ0v) is 21.2. The molecule has 1 atom stereocenters. The summed E-state index contributed by atoms with van der Waals surface area (Å²) in [5.74, 6) is 0. The van der Waals surface area contributed by atoms with Crippen LogP contribution in [0.2, 0.25) is 0 Å². The smallest absolute Gasteiger partial charge is 0.336 e. The molecule has 0 radical (unpaired) electrons. The van der Waals surface area contributed by atoms with E-state index in [4.69, 9.17) is 19.8 Å². The molecule has 0 fully saturated rings. The van der Waals surface area contributed by atoms with E-state index in [9.17, 15) is 9.13 Å². The van der Waals surface area contributed by atoms with Gasteiger partial charge in [-0.2, -0.15) is 4.31 Å². The van der Waals surface area contributed by atoms with Gasteiger partial charge < -0.3 is 14.4 Å². The Hall–Kier alpha value is -1.63. The van der Waals surface area contributed by atoms with Crippen molar-refractivity contribution >= 4 is 15.6 Å². The molecule has 0 saturated heterocycles. The molecular formula is C20H35N3O7P2. The summed E-state index contributed by atoms with van der Waals surface area (Å²) in [6.07, 6.45) is 14.0. The summed E-state index contributed by atoms with van der Waals surface area (Å²) >= 11 is 0. The van der Waals surface area contributed by atoms with Crippen LogP contribution in [0.15, 0.2) is 51.9 Å². The van der Waals surface area contributed by atoms with Crippen molar-refractivity contribution in [3.63, 3.8) is 0 Å². The highest BCUT2D eigenvalue weighted by Crippen LogP contribution is 2.61. The number of hydrogen-bond acceptors (Lipinski definition) is 6. The van der Waals surface area contributed by atoms with Crippen LogP contribution in [0.3, 0.4) is 0 Å². The van der Waals surface area contributed by atoms with Gasteiger partial charge in [-0.1, -0.05) is 46.6 Å². The maximum absolute atomic E-state index is 12.0. The number of hydrogen-bond donors (Lipinski definition) is 2. The molecule has 32 heavy (non-hydrogen) atoms. The van der Waals surface area contributed by atoms with Crippen LogP contribution in [0, 0.1) is 0 Å². The van der Waals surface area contributed by atoms with Gasteiger partial charge in [-0.3, -0.25) is 4.52 Å². The van der Waals surface area contributed by atoms with Gasteiger partial charge in [0.15, 0.2) is 0 Å². The average Bonchev–Trinajstić information content (AvgIpc) is 2.64. The van der Waals surface area contributed by atoms with Crippen molar-refractivity contribution in [2.24, 2.45) is 5.28 Å². The summed E-state index contributed by atoms with van der Waals surface area (Å²) in [6, 6.07) is 0. The van der Waals surface area contributed by atoms with E-state index in [1.807, 2.05) is 6.92 Å². The Morgan fingerprint density at radius 2 is 1.34 bits per heavy atom. The summed E-state index contributed by atoms with van der Waals surface area (Å²) in [4.78, 5) is 19.7. The lowest BCUT2D eigenvalue weighted by atomic mass is 10.0. The second-order valence-corrected chi connectivity index (χ2v) is 10.6. The third-order valence-corrected chi connectivity index (χ3v) is 6.59. The van der Waals surface area contributed by atoms with E-state index >= 15 is 0 Å². The first-order chi connectivity index (χ1) is 14.9. The normalized spacial score (nSPS) is 15.0. The maximum Gasteiger partial charge on any atom is 0.545 e. The van der Waals surface area contributed by atoms with Gasteiger partial charge in [0.05, 0.1) is 6.61 Å². The molecule has 0 aliphatic heterocycles. The third kappa shape index (κ3) is 18.0. The average molecular weight is 491 g/mol. The lowest BCUT2D eigenvalue weighted by Crippen LogP contribution is -1.97. The molecule has 182 valence electrons. The van der Waals surface area contributed by atoms with Gasteiger partial charge in [0.2, 0.25) is 0 Å². The van der Waals surface area contributed by atoms with E-state index in [0.717, 1.165) is 44.1 Å². The van der Waals surface area contributed by atoms with Gasteiger partial charge in [-0.25, -0.2) is 9.13 Å². The lowest BCUT2D eigenvalue weighted by molar-refractivity contribution is 0.151. The Labute approximate surface area is 190 Å². The maximum atomic E-state index is 12.0. The van der Waals surface area contributed by atoms with Crippen LogP contribution in [0.1, 0.15) is 73.1 Å². The van der Waals surface area contributed by atoms with Crippen LogP contribution in [0.4, 0.5) is 0 Å². The first-order valence-electron chi connectivity index (χ1n) is 10.2. The molecule has 1 unspecified atom stereocenters. The minimum absolute atomic E-state index is 0.302. The summed E-state index contributed by atoms with van der Waals surface area (Å²) in [5, 5.41) is 2.54. The zero-order valence-electron chi connectivity index (χ0n) is 19.4. The molecule has 0 aromatic rings. The quantitative estimate of drug-likeness (QED) is 0.0563. The van der Waals surface area contributed by atoms with Gasteiger partial charge in [0.25, 0.3) is 0 Å². The molecular weight excluding hydrogens is 456 g/mol. The molecule has 0 spiro atoms. The molecule has 0 saturated carbocycles. The standard InChI is InChI=1S/C20H35N3O7P2/c1-17(2)9-6-10-18(3)11-7-12-19(4)13-8-14-20(5)15-16-28-32(27,29-23-22-21)30-31(24,25)26/h9,11,13,15H,6-8,10,12,14,16H2,1-5H3,(H2,24,25,26). The predicted molar refractivity (Wildman–Crippen MR) is 125 cm³/mol. The van der Waals surface area contributed by atoms with Crippen LogP contribution in [0.25, 0.3) is 10.4 Å². The van der Waals surface area contributed by atoms with E-state index in [-0.39, 0.29) is 6.61 Å². The Morgan fingerprint density at radius 1 is 0.875 bits per heavy atom. The van der Waals surface area contributed by atoms with Gasteiger partial charge in [-0.05, 0) is 78.7 Å². The number of rotatable bonds is 16. The largest absolute Gasteiger partial charge is 0.545 e. The number of nitrogens with zero attached hydrogens (tertiary/aromatic N) is 3. The lowest BCUT2D eigenvalue weighted by Gasteiger charge is -2.14. The van der Waals surface area contributed by atoms with Crippen molar-refractivity contribution in [2.45, 2.75) is 73.1 Å². The Bertz CT molecular complexity index is 849. The highest BCUT2D eigenvalue weighted by Gasteiger charge is 2.37. The number of allylic oxidation sites excluding steroid dienone is 7. The van der Waals surface area contributed by atoms with Crippen LogP contribution in [-0.4, -0.2) is 16.4 Å². The molecule has 10 nitrogen and oxygen atoms in total. The topological polar surface area (TPSA) is 151 Å². The summed E-state index contributed by atoms with van der Waals surface area (Å²) in [5.41, 5.74) is 13.2. The molecule has 0 rings (SSSR count). The first kappa shape index (κ1) is 30.4. The van der Waals surface area contributed by atoms with Gasteiger partial charge >= 0.3 is 15.6 Å². The Balaban J connectivity index is 4.47.